The number of carbonyl (C=O) groups is 3. The van der Waals surface area contributed by atoms with Crippen molar-refractivity contribution < 1.29 is 76.9 Å². The van der Waals surface area contributed by atoms with Gasteiger partial charge < -0.3 is 10.1 Å². The van der Waals surface area contributed by atoms with Crippen LogP contribution < -0.4 is 58.9 Å². The van der Waals surface area contributed by atoms with Gasteiger partial charge in [0, 0.05) is 68.4 Å². The van der Waals surface area contributed by atoms with Crippen LogP contribution in [0.2, 0.25) is 0 Å². The third-order valence-electron chi connectivity index (χ3n) is 8.77. The van der Waals surface area contributed by atoms with E-state index in [4.69, 9.17) is 21.8 Å². The molecule has 19 heteroatoms. The zero-order valence-electron chi connectivity index (χ0n) is 33.7. The molecule has 0 aromatic carbocycles. The summed E-state index contributed by atoms with van der Waals surface area (Å²) < 4.78 is 26.5. The van der Waals surface area contributed by atoms with E-state index in [1.807, 2.05) is 29.3 Å². The molecule has 6 aliphatic rings. The molecule has 3 amide bonds. The molecule has 6 fully saturated rings. The maximum Gasteiger partial charge on any atom is 0.123 e. The number of amides is 3. The molecule has 6 heterocycles. The van der Waals surface area contributed by atoms with E-state index in [1.54, 1.807) is 0 Å². The Bertz CT molecular complexity index is 1200. The Balaban J connectivity index is 0.000000524. The summed E-state index contributed by atoms with van der Waals surface area (Å²) in [6.07, 6.45) is 4.93. The maximum absolute atomic E-state index is 11.5. The molecule has 0 spiro atoms. The summed E-state index contributed by atoms with van der Waals surface area (Å²) in [5.74, 6) is 8.72. The minimum atomic E-state index is -0.386. The normalized spacial score (nSPS) is 22.7. The van der Waals surface area contributed by atoms with Crippen LogP contribution in [0.25, 0.3) is 0 Å². The van der Waals surface area contributed by atoms with Gasteiger partial charge in [-0.1, -0.05) is 46.7 Å². The largest absolute Gasteiger partial charge is 0.123 e. The van der Waals surface area contributed by atoms with Crippen LogP contribution >= 0.6 is 50.1 Å². The van der Waals surface area contributed by atoms with Crippen molar-refractivity contribution in [1.82, 2.24) is 25.8 Å². The number of nitrogens with one attached hydrogen (secondary N) is 3. The smallest absolute Gasteiger partial charge is 0.0958 e. The van der Waals surface area contributed by atoms with E-state index in [0.29, 0.717) is 19.6 Å². The molecule has 0 aromatic heterocycles. The molecule has 3 N–H and O–H groups in total. The number of fused-ring (bicyclic) bond motifs is 6. The first-order chi connectivity index (χ1) is 27.0. The molecule has 4 bridgehead atoms. The second-order valence-corrected chi connectivity index (χ2v) is 25.5. The first-order valence-electron chi connectivity index (χ1n) is 19.4. The van der Waals surface area contributed by atoms with Crippen LogP contribution in [-0.2, 0) is 14.2 Å². The molecule has 0 aliphatic carbocycles. The van der Waals surface area contributed by atoms with Gasteiger partial charge in [0.2, 0.25) is 0 Å². The number of unbranched alkanes of at least 4 members (excludes halogenated alkanes) is 3. The third kappa shape index (κ3) is 27.5. The van der Waals surface area contributed by atoms with Crippen molar-refractivity contribution >= 4 is 75.9 Å². The molecular weight excluding hydrogens is 1190 g/mol. The number of ether oxygens (including phenoxy) is 3. The third-order valence-corrected chi connectivity index (χ3v) is 15.3. The number of halogens is 4. The predicted octanol–water partition coefficient (Wildman–Crippen LogP) is -1.31. The minimum absolute atomic E-state index is 0.150. The predicted molar refractivity (Wildman–Crippen MR) is 235 cm³/mol. The summed E-state index contributed by atoms with van der Waals surface area (Å²) in [7, 11) is 5.16. The van der Waals surface area contributed by atoms with E-state index in [2.05, 4.69) is 98.1 Å². The van der Waals surface area contributed by atoms with Crippen LogP contribution in [0.15, 0.2) is 0 Å². The molecule has 318 valence electrons. The Kier molecular flexibility index (Phi) is 33.1. The molecule has 6 rings (SSSR count). The number of piperazine rings is 6. The fraction of sp³-hybridized carbons (Fsp3) is 0.757. The Morgan fingerprint density at radius 2 is 0.929 bits per heavy atom. The molecule has 1 atom stereocenters. The Morgan fingerprint density at radius 3 is 1.18 bits per heavy atom. The summed E-state index contributed by atoms with van der Waals surface area (Å²) in [6.45, 7) is 25.7. The topological polar surface area (TPSA) is 121 Å². The van der Waals surface area contributed by atoms with Gasteiger partial charge >= 0.3 is 221 Å². The molecule has 6 aliphatic heterocycles. The number of quaternary nitrogens is 2. The molecular formula is C37H63BI4N7O6P. The van der Waals surface area contributed by atoms with E-state index in [1.165, 1.54) is 78.5 Å². The van der Waals surface area contributed by atoms with Crippen molar-refractivity contribution in [1.29, 1.82) is 0 Å². The number of hydrogen-bond donors (Lipinski definition) is 3. The van der Waals surface area contributed by atoms with E-state index in [0.717, 1.165) is 43.9 Å². The minimum Gasteiger partial charge on any atom is -0.0958 e. The summed E-state index contributed by atoms with van der Waals surface area (Å²) >= 11 is 3.52. The summed E-state index contributed by atoms with van der Waals surface area (Å²) in [4.78, 5) is 38.9. The van der Waals surface area contributed by atoms with Crippen LogP contribution in [0.3, 0.4) is 0 Å². The standard InChI is InChI=1S/C22H36I2N4O4.C8H12INO2.C6H12N2.CH3BIP/c1-3-5-11-25-21(29)31-19-7-9-23-27-13-16-28(17-14-27,18-15-27)24-10-8-20-32-22(30)26-12-6-4-2;1-2-3-6-10-8(11)12-7-4-5-9;1-2-8-5-3-7(1)4-6-8;1-4(2)3/h3-6,11-20H2,1-2H3,(H,25,29)(H,26,30);2-3,6-7H2,1H3,(H,10,11);1-6H2;1H3. The number of nitrogens with zero attached hydrogens (tertiary/aromatic N) is 4. The monoisotopic (exact) mass is 1250 g/mol. The molecule has 1 unspecified atom stereocenters. The first kappa shape index (κ1) is 53.8. The molecule has 56 heavy (non-hydrogen) atoms. The van der Waals surface area contributed by atoms with Crippen molar-refractivity contribution in [2.75, 3.05) is 125 Å². The average molecular weight is 1250 g/mol. The van der Waals surface area contributed by atoms with Gasteiger partial charge in [0.1, 0.15) is 7.57 Å². The van der Waals surface area contributed by atoms with Crippen LogP contribution in [0.5, 0.6) is 0 Å². The van der Waals surface area contributed by atoms with E-state index in [9.17, 15) is 14.4 Å². The van der Waals surface area contributed by atoms with Crippen molar-refractivity contribution in [3.63, 3.8) is 0 Å². The van der Waals surface area contributed by atoms with Gasteiger partial charge in [-0.2, -0.15) is 0 Å². The summed E-state index contributed by atoms with van der Waals surface area (Å²) in [5.41, 5.74) is -0.150. The molecule has 0 saturated carbocycles. The van der Waals surface area contributed by atoms with Gasteiger partial charge in [0.15, 0.2) is 6.61 Å². The van der Waals surface area contributed by atoms with Crippen LogP contribution in [-0.4, -0.2) is 166 Å². The fourth-order valence-corrected chi connectivity index (χ4v) is 9.97. The average Bonchev–Trinajstić information content (AvgIpc) is 3.20. The van der Waals surface area contributed by atoms with E-state index in [-0.39, 0.29) is 86.5 Å². The number of carbonyl (C=O) groups excluding carboxylic acids is 3. The Hall–Kier alpha value is -0.255. The van der Waals surface area contributed by atoms with Gasteiger partial charge in [-0.25, -0.2) is 4.79 Å². The molecule has 2 radical (unpaired) electrons. The van der Waals surface area contributed by atoms with Gasteiger partial charge in [0.25, 0.3) is 0 Å². The first-order valence-corrected chi connectivity index (χ1v) is 29.2. The van der Waals surface area contributed by atoms with E-state index < -0.39 is 0 Å². The fourth-order valence-electron chi connectivity index (χ4n) is 5.40. The van der Waals surface area contributed by atoms with Gasteiger partial charge in [-0.15, -0.1) is 0 Å². The van der Waals surface area contributed by atoms with Crippen LogP contribution in [0, 0.1) is 29.5 Å². The van der Waals surface area contributed by atoms with Crippen LogP contribution in [0.1, 0.15) is 59.3 Å². The zero-order chi connectivity index (χ0) is 41.3. The second kappa shape index (κ2) is 34.5. The van der Waals surface area contributed by atoms with Crippen molar-refractivity contribution in [2.45, 2.75) is 59.3 Å². The Morgan fingerprint density at radius 1 is 0.643 bits per heavy atom. The van der Waals surface area contributed by atoms with Crippen molar-refractivity contribution in [3.8, 4) is 29.5 Å². The maximum atomic E-state index is 11.5. The second-order valence-electron chi connectivity index (χ2n) is 13.2. The summed E-state index contributed by atoms with van der Waals surface area (Å²) in [6, 6.07) is 0. The van der Waals surface area contributed by atoms with Crippen molar-refractivity contribution in [2.24, 2.45) is 0 Å². The van der Waals surface area contributed by atoms with Crippen LogP contribution in [0.4, 0.5) is 14.4 Å². The molecule has 0 aromatic rings. The van der Waals surface area contributed by atoms with E-state index >= 15 is 0 Å². The zero-order valence-corrected chi connectivity index (χ0v) is 43.3. The van der Waals surface area contributed by atoms with Gasteiger partial charge in [0.05, 0.1) is 0 Å². The number of rotatable bonds is 14. The number of alkyl carbamates (subject to hydrolysis) is 3. The number of hydrogen-bond acceptors (Lipinski definition) is 8. The van der Waals surface area contributed by atoms with Crippen molar-refractivity contribution in [3.05, 3.63) is 0 Å². The summed E-state index contributed by atoms with van der Waals surface area (Å²) in [5, 5.41) is 8.07. The quantitative estimate of drug-likeness (QED) is 0.0374. The Labute approximate surface area is 388 Å². The molecule has 6 saturated heterocycles. The SMILES string of the molecule is C1CN2CCN1CC2.CCCCNC(=O)OCC#CI.CCCCNC(=O)OCC#C[I-][N+]12CC[N+]([I-]C#CCOC(=O)NCCCC)(CC1)CC2.[B]P(C)I. The molecule has 13 nitrogen and oxygen atoms in total. The van der Waals surface area contributed by atoms with Gasteiger partial charge in [-0.05, 0) is 17.0 Å². The van der Waals surface area contributed by atoms with Gasteiger partial charge in [-0.3, -0.25) is 9.80 Å².